The van der Waals surface area contributed by atoms with E-state index in [0.717, 1.165) is 56.5 Å². The average molecular weight is 502 g/mol. The number of imide groups is 1. The zero-order chi connectivity index (χ0) is 25.9. The summed E-state index contributed by atoms with van der Waals surface area (Å²) in [7, 11) is -3.39. The summed E-state index contributed by atoms with van der Waals surface area (Å²) in [6.45, 7) is 10.4. The van der Waals surface area contributed by atoms with Gasteiger partial charge in [-0.15, -0.1) is 0 Å². The molecule has 0 spiro atoms. The minimum atomic E-state index is -3.39. The Bertz CT molecular complexity index is 1020. The fourth-order valence-electron chi connectivity index (χ4n) is 4.00. The summed E-state index contributed by atoms with van der Waals surface area (Å²) in [5.74, 6) is 0. The van der Waals surface area contributed by atoms with Crippen LogP contribution in [0.2, 0.25) is 0 Å². The minimum absolute atomic E-state index is 0.0235. The number of carbonyl (C=O) groups excluding carboxylic acids is 2. The second-order valence-corrected chi connectivity index (χ2v) is 11.5. The lowest BCUT2D eigenvalue weighted by Gasteiger charge is -2.40. The third-order valence-electron chi connectivity index (χ3n) is 6.32. The van der Waals surface area contributed by atoms with Crippen LogP contribution in [-0.4, -0.2) is 68.6 Å². The molecule has 1 aliphatic heterocycles. The number of carbonyl (C=O) groups is 2. The zero-order valence-electron chi connectivity index (χ0n) is 21.2. The van der Waals surface area contributed by atoms with E-state index >= 15 is 0 Å². The lowest BCUT2D eigenvalue weighted by Crippen LogP contribution is -2.56. The van der Waals surface area contributed by atoms with E-state index in [9.17, 15) is 18.0 Å². The van der Waals surface area contributed by atoms with Gasteiger partial charge in [0.1, 0.15) is 0 Å². The van der Waals surface area contributed by atoms with Crippen LogP contribution in [0.25, 0.3) is 0 Å². The Kier molecular flexibility index (Phi) is 10.9. The maximum absolute atomic E-state index is 12.9. The quantitative estimate of drug-likeness (QED) is 0.344. The van der Waals surface area contributed by atoms with E-state index in [2.05, 4.69) is 41.1 Å². The van der Waals surface area contributed by atoms with Gasteiger partial charge in [0.2, 0.25) is 6.41 Å². The molecule has 0 radical (unpaired) electrons. The molecule has 7 nitrogen and oxygen atoms in total. The Hall–Kier alpha value is -2.71. The van der Waals surface area contributed by atoms with Crippen molar-refractivity contribution in [2.24, 2.45) is 0 Å². The molecule has 8 heteroatoms. The molecule has 1 N–H and O–H groups in total. The molecule has 0 aromatic heterocycles. The maximum atomic E-state index is 12.9. The van der Waals surface area contributed by atoms with Crippen molar-refractivity contribution >= 4 is 22.3 Å². The number of sulfone groups is 1. The van der Waals surface area contributed by atoms with Crippen LogP contribution in [-0.2, 0) is 21.1 Å². The summed E-state index contributed by atoms with van der Waals surface area (Å²) in [6.07, 6.45) is 10.9. The van der Waals surface area contributed by atoms with Crippen molar-refractivity contribution in [3.8, 4) is 0 Å². The molecule has 2 rings (SSSR count). The summed E-state index contributed by atoms with van der Waals surface area (Å²) in [5, 5.41) is 3.05. The molecule has 0 aliphatic carbocycles. The minimum Gasteiger partial charge on any atom is -0.332 e. The Balaban J connectivity index is 1.87. The Morgan fingerprint density at radius 3 is 2.43 bits per heavy atom. The van der Waals surface area contributed by atoms with Crippen LogP contribution in [0.15, 0.2) is 65.6 Å². The number of nitrogens with zero attached hydrogens (tertiary/aromatic N) is 2. The predicted octanol–water partition coefficient (Wildman–Crippen LogP) is 4.09. The fourth-order valence-corrected chi connectivity index (χ4v) is 4.32. The Morgan fingerprint density at radius 2 is 1.86 bits per heavy atom. The van der Waals surface area contributed by atoms with Gasteiger partial charge in [0.05, 0.1) is 11.4 Å². The molecule has 0 bridgehead atoms. The number of benzene rings is 1. The maximum Gasteiger partial charge on any atom is 0.324 e. The molecule has 192 valence electrons. The number of hydrogen-bond donors (Lipinski definition) is 1. The van der Waals surface area contributed by atoms with Crippen LogP contribution in [0, 0.1) is 0 Å². The highest BCUT2D eigenvalue weighted by molar-refractivity contribution is 7.94. The van der Waals surface area contributed by atoms with Gasteiger partial charge in [0.25, 0.3) is 0 Å². The molecule has 0 atom stereocenters. The van der Waals surface area contributed by atoms with Crippen LogP contribution < -0.4 is 5.32 Å². The number of likely N-dealkylation sites (tertiary alicyclic amines) is 1. The van der Waals surface area contributed by atoms with Gasteiger partial charge < -0.3 is 10.2 Å². The first-order valence-corrected chi connectivity index (χ1v) is 14.0. The van der Waals surface area contributed by atoms with Gasteiger partial charge in [0, 0.05) is 24.9 Å². The second kappa shape index (κ2) is 13.4. The fraction of sp³-hybridized carbons (Fsp3) is 0.481. The van der Waals surface area contributed by atoms with E-state index < -0.39 is 15.9 Å². The summed E-state index contributed by atoms with van der Waals surface area (Å²) in [4.78, 5) is 28.1. The van der Waals surface area contributed by atoms with Crippen molar-refractivity contribution in [2.45, 2.75) is 51.5 Å². The summed E-state index contributed by atoms with van der Waals surface area (Å²) >= 11 is 0. The number of rotatable bonds is 12. The summed E-state index contributed by atoms with van der Waals surface area (Å²) in [6, 6.07) is 10.0. The van der Waals surface area contributed by atoms with E-state index in [-0.39, 0.29) is 17.0 Å². The standard InChI is InChI=1S/C27H39N3O4S/c1-5-10-25(15-14-23(2)35(4,33)34)21-30(22-31)26(32)28-27(3)16-19-29(20-17-27)18-9-13-24-11-7-6-8-12-24/h6-8,10-12,14-15,22H,2,5,9,13,16-21H2,1,3-4H3,(H,28,32)/b15-14-,25-10+. The molecule has 1 aromatic rings. The first kappa shape index (κ1) is 28.5. The van der Waals surface area contributed by atoms with Gasteiger partial charge in [-0.2, -0.15) is 0 Å². The number of piperidine rings is 1. The zero-order valence-corrected chi connectivity index (χ0v) is 22.0. The predicted molar refractivity (Wildman–Crippen MR) is 142 cm³/mol. The number of allylic oxidation sites excluding steroid dienone is 2. The third kappa shape index (κ3) is 9.82. The molecule has 1 saturated heterocycles. The van der Waals surface area contributed by atoms with Gasteiger partial charge >= 0.3 is 6.03 Å². The van der Waals surface area contributed by atoms with Gasteiger partial charge in [-0.25, -0.2) is 13.2 Å². The molecule has 1 fully saturated rings. The molecular weight excluding hydrogens is 462 g/mol. The third-order valence-corrected chi connectivity index (χ3v) is 7.41. The molecule has 1 heterocycles. The van der Waals surface area contributed by atoms with E-state index in [4.69, 9.17) is 0 Å². The summed E-state index contributed by atoms with van der Waals surface area (Å²) in [5.41, 5.74) is 1.63. The number of aryl methyl sites for hydroxylation is 1. The van der Waals surface area contributed by atoms with Crippen molar-refractivity contribution in [1.29, 1.82) is 0 Å². The summed E-state index contributed by atoms with van der Waals surface area (Å²) < 4.78 is 23.2. The highest BCUT2D eigenvalue weighted by Crippen LogP contribution is 2.22. The topological polar surface area (TPSA) is 86.8 Å². The SMILES string of the molecule is C=C(/C=C\C(=C/CC)CN(C=O)C(=O)NC1(C)CCN(CCCc2ccccc2)CC1)S(C)(=O)=O. The lowest BCUT2D eigenvalue weighted by molar-refractivity contribution is -0.115. The first-order valence-electron chi connectivity index (χ1n) is 12.1. The van der Waals surface area contributed by atoms with Crippen molar-refractivity contribution in [3.05, 3.63) is 71.2 Å². The van der Waals surface area contributed by atoms with Crippen LogP contribution in [0.5, 0.6) is 0 Å². The molecular formula is C27H39N3O4S. The molecule has 35 heavy (non-hydrogen) atoms. The van der Waals surface area contributed by atoms with Crippen molar-refractivity contribution < 1.29 is 18.0 Å². The van der Waals surface area contributed by atoms with Crippen molar-refractivity contribution in [2.75, 3.05) is 32.4 Å². The molecule has 0 unspecified atom stereocenters. The number of amides is 3. The van der Waals surface area contributed by atoms with Gasteiger partial charge in [-0.3, -0.25) is 9.69 Å². The Labute approximate surface area is 210 Å². The van der Waals surface area contributed by atoms with Crippen LogP contribution in [0.4, 0.5) is 4.79 Å². The highest BCUT2D eigenvalue weighted by Gasteiger charge is 2.32. The molecule has 1 aromatic carbocycles. The molecule has 0 saturated carbocycles. The van der Waals surface area contributed by atoms with Gasteiger partial charge in [-0.1, -0.05) is 56.0 Å². The average Bonchev–Trinajstić information content (AvgIpc) is 2.81. The first-order chi connectivity index (χ1) is 16.6. The van der Waals surface area contributed by atoms with Crippen LogP contribution >= 0.6 is 0 Å². The van der Waals surface area contributed by atoms with E-state index in [0.29, 0.717) is 18.4 Å². The second-order valence-electron chi connectivity index (χ2n) is 9.41. The smallest absolute Gasteiger partial charge is 0.324 e. The monoisotopic (exact) mass is 501 g/mol. The Morgan fingerprint density at radius 1 is 1.20 bits per heavy atom. The largest absolute Gasteiger partial charge is 0.332 e. The lowest BCUT2D eigenvalue weighted by atomic mass is 9.89. The number of hydrogen-bond acceptors (Lipinski definition) is 5. The normalized spacial score (nSPS) is 16.7. The van der Waals surface area contributed by atoms with Crippen molar-refractivity contribution in [3.63, 3.8) is 0 Å². The van der Waals surface area contributed by atoms with Gasteiger partial charge in [-0.05, 0) is 62.8 Å². The highest BCUT2D eigenvalue weighted by atomic mass is 32.2. The number of nitrogens with one attached hydrogen (secondary N) is 1. The molecule has 1 aliphatic rings. The van der Waals surface area contributed by atoms with Crippen LogP contribution in [0.1, 0.15) is 45.1 Å². The van der Waals surface area contributed by atoms with E-state index in [1.54, 1.807) is 6.08 Å². The van der Waals surface area contributed by atoms with Crippen molar-refractivity contribution in [1.82, 2.24) is 15.1 Å². The van der Waals surface area contributed by atoms with Gasteiger partial charge in [0.15, 0.2) is 9.84 Å². The molecule has 3 amide bonds. The van der Waals surface area contributed by atoms with E-state index in [1.807, 2.05) is 26.0 Å². The van der Waals surface area contributed by atoms with Crippen LogP contribution in [0.3, 0.4) is 0 Å². The van der Waals surface area contributed by atoms with E-state index in [1.165, 1.54) is 11.6 Å². The number of urea groups is 1.